The Morgan fingerprint density at radius 2 is 2.08 bits per heavy atom. The molecule has 0 aliphatic heterocycles. The van der Waals surface area contributed by atoms with Gasteiger partial charge < -0.3 is 4.84 Å². The highest BCUT2D eigenvalue weighted by molar-refractivity contribution is 5.67. The summed E-state index contributed by atoms with van der Waals surface area (Å²) in [5, 5.41) is 1.39. The largest absolute Gasteiger partial charge is 0.341 e. The Labute approximate surface area is 70.7 Å². The highest BCUT2D eigenvalue weighted by Gasteiger charge is 2.01. The van der Waals surface area contributed by atoms with Crippen molar-refractivity contribution < 1.29 is 9.63 Å². The Morgan fingerprint density at radius 3 is 2.58 bits per heavy atom. The lowest BCUT2D eigenvalue weighted by molar-refractivity contribution is -0.141. The molecule has 4 heteroatoms. The van der Waals surface area contributed by atoms with E-state index < -0.39 is 0 Å². The quantitative estimate of drug-likeness (QED) is 0.614. The van der Waals surface area contributed by atoms with E-state index >= 15 is 0 Å². The molecule has 12 heavy (non-hydrogen) atoms. The molecular weight excluding hydrogens is 156 g/mol. The zero-order chi connectivity index (χ0) is 8.97. The minimum absolute atomic E-state index is 0.339. The average Bonchev–Trinajstić information content (AvgIpc) is 2.05. The predicted molar refractivity (Wildman–Crippen MR) is 44.4 cm³/mol. The first-order valence-electron chi connectivity index (χ1n) is 3.52. The van der Waals surface area contributed by atoms with Crippen molar-refractivity contribution in [3.05, 3.63) is 24.5 Å². The first-order chi connectivity index (χ1) is 5.70. The van der Waals surface area contributed by atoms with Crippen molar-refractivity contribution in [2.45, 2.75) is 6.92 Å². The number of hydrogen-bond acceptors (Lipinski definition) is 4. The molecule has 0 saturated heterocycles. The number of aromatic nitrogens is 1. The second-order valence-corrected chi connectivity index (χ2v) is 2.29. The summed E-state index contributed by atoms with van der Waals surface area (Å²) in [6.45, 7) is 1.36. The van der Waals surface area contributed by atoms with E-state index in [0.717, 1.165) is 5.69 Å². The number of hydroxylamine groups is 1. The second kappa shape index (κ2) is 3.71. The van der Waals surface area contributed by atoms with Gasteiger partial charge in [-0.1, -0.05) is 0 Å². The monoisotopic (exact) mass is 166 g/mol. The summed E-state index contributed by atoms with van der Waals surface area (Å²) in [4.78, 5) is 19.2. The standard InChI is InChI=1S/C8H10N2O2/c1-7(11)12-10(2)8-3-5-9-6-4-8/h3-6H,1-2H3. The summed E-state index contributed by atoms with van der Waals surface area (Å²) in [6.07, 6.45) is 3.27. The molecule has 4 nitrogen and oxygen atoms in total. The molecule has 0 aromatic carbocycles. The predicted octanol–water partition coefficient (Wildman–Crippen LogP) is 0.996. The maximum Gasteiger partial charge on any atom is 0.329 e. The van der Waals surface area contributed by atoms with Gasteiger partial charge in [0.25, 0.3) is 0 Å². The number of anilines is 1. The van der Waals surface area contributed by atoms with Gasteiger partial charge in [0.05, 0.1) is 5.69 Å². The molecule has 0 aliphatic rings. The zero-order valence-electron chi connectivity index (χ0n) is 7.02. The van der Waals surface area contributed by atoms with Gasteiger partial charge in [0.1, 0.15) is 0 Å². The molecule has 0 amide bonds. The molecule has 0 aliphatic carbocycles. The molecule has 1 aromatic heterocycles. The molecule has 0 unspecified atom stereocenters. The lowest BCUT2D eigenvalue weighted by Gasteiger charge is -2.16. The van der Waals surface area contributed by atoms with Crippen LogP contribution in [0.2, 0.25) is 0 Å². The molecule has 1 rings (SSSR count). The van der Waals surface area contributed by atoms with E-state index in [1.807, 2.05) is 0 Å². The molecular formula is C8H10N2O2. The Bertz CT molecular complexity index is 261. The van der Waals surface area contributed by atoms with Crippen LogP contribution < -0.4 is 5.06 Å². The van der Waals surface area contributed by atoms with Gasteiger partial charge in [-0.3, -0.25) is 9.78 Å². The van der Waals surface area contributed by atoms with Gasteiger partial charge in [-0.15, -0.1) is 0 Å². The van der Waals surface area contributed by atoms with Gasteiger partial charge in [0.15, 0.2) is 0 Å². The summed E-state index contributed by atoms with van der Waals surface area (Å²) < 4.78 is 0. The average molecular weight is 166 g/mol. The van der Waals surface area contributed by atoms with Crippen LogP contribution in [0.5, 0.6) is 0 Å². The minimum Gasteiger partial charge on any atom is -0.341 e. The maximum atomic E-state index is 10.5. The van der Waals surface area contributed by atoms with E-state index in [-0.39, 0.29) is 5.97 Å². The first-order valence-corrected chi connectivity index (χ1v) is 3.52. The van der Waals surface area contributed by atoms with Crippen LogP contribution in [0.15, 0.2) is 24.5 Å². The van der Waals surface area contributed by atoms with Crippen LogP contribution in [0.25, 0.3) is 0 Å². The van der Waals surface area contributed by atoms with E-state index in [4.69, 9.17) is 4.84 Å². The summed E-state index contributed by atoms with van der Waals surface area (Å²) in [7, 11) is 1.66. The van der Waals surface area contributed by atoms with Gasteiger partial charge in [-0.05, 0) is 12.1 Å². The summed E-state index contributed by atoms with van der Waals surface area (Å²) >= 11 is 0. The summed E-state index contributed by atoms with van der Waals surface area (Å²) in [6, 6.07) is 3.51. The van der Waals surface area contributed by atoms with Crippen molar-refractivity contribution in [3.8, 4) is 0 Å². The fourth-order valence-electron chi connectivity index (χ4n) is 0.800. The van der Waals surface area contributed by atoms with Crippen molar-refractivity contribution in [3.63, 3.8) is 0 Å². The third-order valence-corrected chi connectivity index (χ3v) is 1.29. The van der Waals surface area contributed by atoms with Crippen LogP contribution in [0.1, 0.15) is 6.92 Å². The van der Waals surface area contributed by atoms with E-state index in [1.54, 1.807) is 31.6 Å². The molecule has 0 bridgehead atoms. The van der Waals surface area contributed by atoms with Crippen molar-refractivity contribution >= 4 is 11.7 Å². The van der Waals surface area contributed by atoms with Crippen molar-refractivity contribution in [2.24, 2.45) is 0 Å². The Kier molecular flexibility index (Phi) is 2.63. The lowest BCUT2D eigenvalue weighted by Crippen LogP contribution is -2.20. The van der Waals surface area contributed by atoms with Crippen LogP contribution >= 0.6 is 0 Å². The molecule has 0 spiro atoms. The molecule has 0 fully saturated rings. The second-order valence-electron chi connectivity index (χ2n) is 2.29. The summed E-state index contributed by atoms with van der Waals surface area (Å²) in [5.74, 6) is -0.339. The molecule has 64 valence electrons. The van der Waals surface area contributed by atoms with E-state index in [2.05, 4.69) is 4.98 Å². The number of nitrogens with zero attached hydrogens (tertiary/aromatic N) is 2. The van der Waals surface area contributed by atoms with Crippen molar-refractivity contribution in [1.29, 1.82) is 0 Å². The lowest BCUT2D eigenvalue weighted by atomic mass is 10.4. The van der Waals surface area contributed by atoms with E-state index in [9.17, 15) is 4.79 Å². The third-order valence-electron chi connectivity index (χ3n) is 1.29. The number of rotatable bonds is 2. The Hall–Kier alpha value is -1.58. The van der Waals surface area contributed by atoms with Crippen LogP contribution in [0.4, 0.5) is 5.69 Å². The van der Waals surface area contributed by atoms with Crippen LogP contribution in [0, 0.1) is 0 Å². The number of pyridine rings is 1. The number of carbonyl (C=O) groups is 1. The normalized spacial score (nSPS) is 9.17. The minimum atomic E-state index is -0.339. The molecule has 0 atom stereocenters. The Morgan fingerprint density at radius 1 is 1.50 bits per heavy atom. The molecule has 1 aromatic rings. The maximum absolute atomic E-state index is 10.5. The number of hydrogen-bond donors (Lipinski definition) is 0. The topological polar surface area (TPSA) is 42.4 Å². The van der Waals surface area contributed by atoms with Gasteiger partial charge >= 0.3 is 5.97 Å². The smallest absolute Gasteiger partial charge is 0.329 e. The Balaban J connectivity index is 2.65. The van der Waals surface area contributed by atoms with E-state index in [0.29, 0.717) is 0 Å². The highest BCUT2D eigenvalue weighted by atomic mass is 16.7. The van der Waals surface area contributed by atoms with Crippen molar-refractivity contribution in [1.82, 2.24) is 4.98 Å². The van der Waals surface area contributed by atoms with Crippen LogP contribution in [0.3, 0.4) is 0 Å². The fraction of sp³-hybridized carbons (Fsp3) is 0.250. The van der Waals surface area contributed by atoms with Crippen LogP contribution in [-0.2, 0) is 9.63 Å². The van der Waals surface area contributed by atoms with Gasteiger partial charge in [-0.2, -0.15) is 0 Å². The number of carbonyl (C=O) groups excluding carboxylic acids is 1. The van der Waals surface area contributed by atoms with Crippen LogP contribution in [-0.4, -0.2) is 18.0 Å². The summed E-state index contributed by atoms with van der Waals surface area (Å²) in [5.41, 5.74) is 0.792. The van der Waals surface area contributed by atoms with Gasteiger partial charge in [0.2, 0.25) is 0 Å². The zero-order valence-corrected chi connectivity index (χ0v) is 7.02. The molecule has 1 heterocycles. The first kappa shape index (κ1) is 8.52. The van der Waals surface area contributed by atoms with Gasteiger partial charge in [-0.25, -0.2) is 5.06 Å². The van der Waals surface area contributed by atoms with E-state index in [1.165, 1.54) is 12.0 Å². The molecule has 0 radical (unpaired) electrons. The fourth-order valence-corrected chi connectivity index (χ4v) is 0.800. The highest BCUT2D eigenvalue weighted by Crippen LogP contribution is 2.09. The van der Waals surface area contributed by atoms with Gasteiger partial charge in [0, 0.05) is 26.4 Å². The van der Waals surface area contributed by atoms with Crippen molar-refractivity contribution in [2.75, 3.05) is 12.1 Å². The molecule has 0 saturated carbocycles. The third kappa shape index (κ3) is 2.23. The SMILES string of the molecule is CC(=O)ON(C)c1ccncc1. The molecule has 0 N–H and O–H groups in total.